The van der Waals surface area contributed by atoms with Gasteiger partial charge in [-0.25, -0.2) is 4.79 Å². The van der Waals surface area contributed by atoms with E-state index in [4.69, 9.17) is 9.84 Å². The number of hydrogen-bond donors (Lipinski definition) is 2. The average Bonchev–Trinajstić information content (AvgIpc) is 2.74. The minimum Gasteiger partial charge on any atom is -0.478 e. The molecule has 5 heteroatoms. The first-order valence-electron chi connectivity index (χ1n) is 4.17. The van der Waals surface area contributed by atoms with Crippen molar-refractivity contribution in [2.75, 3.05) is 6.61 Å². The molecule has 1 saturated heterocycles. The van der Waals surface area contributed by atoms with Crippen molar-refractivity contribution in [2.45, 2.75) is 18.9 Å². The maximum absolute atomic E-state index is 10.7. The van der Waals surface area contributed by atoms with Crippen molar-refractivity contribution < 1.29 is 14.6 Å². The molecule has 0 spiro atoms. The SMILES string of the molecule is O=C(O)c1cn[nH]c1C1CCCO1. The van der Waals surface area contributed by atoms with E-state index in [2.05, 4.69) is 10.2 Å². The average molecular weight is 182 g/mol. The van der Waals surface area contributed by atoms with Gasteiger partial charge in [0.25, 0.3) is 0 Å². The summed E-state index contributed by atoms with van der Waals surface area (Å²) in [5.41, 5.74) is 0.803. The number of aromatic amines is 1. The summed E-state index contributed by atoms with van der Waals surface area (Å²) in [7, 11) is 0. The van der Waals surface area contributed by atoms with Gasteiger partial charge in [0.05, 0.1) is 18.0 Å². The number of carboxylic acids is 1. The van der Waals surface area contributed by atoms with E-state index in [-0.39, 0.29) is 11.7 Å². The van der Waals surface area contributed by atoms with Crippen LogP contribution in [0.4, 0.5) is 0 Å². The third-order valence-corrected chi connectivity index (χ3v) is 2.15. The molecule has 0 bridgehead atoms. The lowest BCUT2D eigenvalue weighted by Gasteiger charge is -2.06. The number of H-pyrrole nitrogens is 1. The monoisotopic (exact) mass is 182 g/mol. The van der Waals surface area contributed by atoms with Gasteiger partial charge in [-0.3, -0.25) is 5.10 Å². The van der Waals surface area contributed by atoms with Crippen LogP contribution >= 0.6 is 0 Å². The normalized spacial score (nSPS) is 22.0. The minimum absolute atomic E-state index is 0.117. The molecule has 0 aromatic carbocycles. The van der Waals surface area contributed by atoms with Gasteiger partial charge >= 0.3 is 5.97 Å². The van der Waals surface area contributed by atoms with Gasteiger partial charge in [0.15, 0.2) is 0 Å². The van der Waals surface area contributed by atoms with E-state index >= 15 is 0 Å². The van der Waals surface area contributed by atoms with Crippen LogP contribution in [0, 0.1) is 0 Å². The Bertz CT molecular complexity index is 315. The number of aromatic nitrogens is 2. The largest absolute Gasteiger partial charge is 0.478 e. The zero-order valence-electron chi connectivity index (χ0n) is 6.99. The third kappa shape index (κ3) is 1.42. The van der Waals surface area contributed by atoms with Crippen LogP contribution in [0.1, 0.15) is 35.0 Å². The first-order valence-corrected chi connectivity index (χ1v) is 4.17. The highest BCUT2D eigenvalue weighted by molar-refractivity contribution is 5.88. The van der Waals surface area contributed by atoms with Crippen LogP contribution in [0.5, 0.6) is 0 Å². The molecule has 5 nitrogen and oxygen atoms in total. The van der Waals surface area contributed by atoms with Crippen LogP contribution in [0.15, 0.2) is 6.20 Å². The number of carboxylic acid groups (broad SMARTS) is 1. The van der Waals surface area contributed by atoms with Crippen LogP contribution in [-0.4, -0.2) is 27.9 Å². The van der Waals surface area contributed by atoms with Gasteiger partial charge in [0, 0.05) is 6.61 Å². The fourth-order valence-corrected chi connectivity index (χ4v) is 1.52. The van der Waals surface area contributed by atoms with E-state index in [1.807, 2.05) is 0 Å². The number of aromatic carboxylic acids is 1. The van der Waals surface area contributed by atoms with Crippen LogP contribution < -0.4 is 0 Å². The highest BCUT2D eigenvalue weighted by atomic mass is 16.5. The number of ether oxygens (including phenoxy) is 1. The topological polar surface area (TPSA) is 75.2 Å². The number of hydrogen-bond acceptors (Lipinski definition) is 3. The van der Waals surface area contributed by atoms with Gasteiger partial charge in [-0.15, -0.1) is 0 Å². The molecule has 1 aliphatic rings. The summed E-state index contributed by atoms with van der Waals surface area (Å²) in [6, 6.07) is 0. The molecule has 1 aliphatic heterocycles. The minimum atomic E-state index is -0.959. The van der Waals surface area contributed by atoms with Crippen LogP contribution in [-0.2, 0) is 4.74 Å². The second kappa shape index (κ2) is 3.18. The molecule has 0 saturated carbocycles. The van der Waals surface area contributed by atoms with E-state index in [1.165, 1.54) is 6.20 Å². The Morgan fingerprint density at radius 1 is 1.77 bits per heavy atom. The first kappa shape index (κ1) is 8.25. The Morgan fingerprint density at radius 2 is 2.62 bits per heavy atom. The summed E-state index contributed by atoms with van der Waals surface area (Å²) >= 11 is 0. The Morgan fingerprint density at radius 3 is 3.23 bits per heavy atom. The quantitative estimate of drug-likeness (QED) is 0.714. The fraction of sp³-hybridized carbons (Fsp3) is 0.500. The van der Waals surface area contributed by atoms with E-state index < -0.39 is 5.97 Å². The number of rotatable bonds is 2. The van der Waals surface area contributed by atoms with Gasteiger partial charge in [-0.1, -0.05) is 0 Å². The molecule has 1 aromatic rings. The Balaban J connectivity index is 2.28. The van der Waals surface area contributed by atoms with Gasteiger partial charge in [0.1, 0.15) is 5.56 Å². The molecule has 2 N–H and O–H groups in total. The van der Waals surface area contributed by atoms with E-state index in [0.717, 1.165) is 12.8 Å². The summed E-state index contributed by atoms with van der Waals surface area (Å²) in [5.74, 6) is -0.959. The van der Waals surface area contributed by atoms with Gasteiger partial charge in [0.2, 0.25) is 0 Å². The van der Waals surface area contributed by atoms with Crippen molar-refractivity contribution >= 4 is 5.97 Å². The Labute approximate surface area is 74.7 Å². The molecule has 1 fully saturated rings. The van der Waals surface area contributed by atoms with Crippen LogP contribution in [0.3, 0.4) is 0 Å². The van der Waals surface area contributed by atoms with E-state index in [9.17, 15) is 4.79 Å². The molecule has 1 unspecified atom stereocenters. The Kier molecular flexibility index (Phi) is 2.02. The first-order chi connectivity index (χ1) is 6.29. The van der Waals surface area contributed by atoms with E-state index in [1.54, 1.807) is 0 Å². The maximum atomic E-state index is 10.7. The fourth-order valence-electron chi connectivity index (χ4n) is 1.52. The molecule has 13 heavy (non-hydrogen) atoms. The highest BCUT2D eigenvalue weighted by Crippen LogP contribution is 2.28. The highest BCUT2D eigenvalue weighted by Gasteiger charge is 2.24. The van der Waals surface area contributed by atoms with Crippen molar-refractivity contribution in [3.8, 4) is 0 Å². The van der Waals surface area contributed by atoms with E-state index in [0.29, 0.717) is 12.3 Å². The molecule has 2 rings (SSSR count). The zero-order valence-corrected chi connectivity index (χ0v) is 6.99. The van der Waals surface area contributed by atoms with Crippen molar-refractivity contribution in [1.29, 1.82) is 0 Å². The van der Waals surface area contributed by atoms with Crippen molar-refractivity contribution in [3.63, 3.8) is 0 Å². The predicted molar refractivity (Wildman–Crippen MR) is 43.5 cm³/mol. The third-order valence-electron chi connectivity index (χ3n) is 2.15. The number of nitrogens with one attached hydrogen (secondary N) is 1. The molecule has 1 atom stereocenters. The molecule has 2 heterocycles. The molecule has 1 aromatic heterocycles. The lowest BCUT2D eigenvalue weighted by Crippen LogP contribution is -2.04. The van der Waals surface area contributed by atoms with Gasteiger partial charge in [-0.2, -0.15) is 5.10 Å². The molecular weight excluding hydrogens is 172 g/mol. The van der Waals surface area contributed by atoms with Crippen molar-refractivity contribution in [2.24, 2.45) is 0 Å². The summed E-state index contributed by atoms with van der Waals surface area (Å²) in [5, 5.41) is 15.2. The molecular formula is C8H10N2O3. The van der Waals surface area contributed by atoms with Crippen LogP contribution in [0.25, 0.3) is 0 Å². The molecule has 0 amide bonds. The van der Waals surface area contributed by atoms with Crippen molar-refractivity contribution in [3.05, 3.63) is 17.5 Å². The van der Waals surface area contributed by atoms with Gasteiger partial charge < -0.3 is 9.84 Å². The predicted octanol–water partition coefficient (Wildman–Crippen LogP) is 0.959. The molecule has 0 radical (unpaired) electrons. The lowest BCUT2D eigenvalue weighted by molar-refractivity contribution is 0.0681. The zero-order chi connectivity index (χ0) is 9.26. The summed E-state index contributed by atoms with van der Waals surface area (Å²) < 4.78 is 5.35. The van der Waals surface area contributed by atoms with Crippen molar-refractivity contribution in [1.82, 2.24) is 10.2 Å². The lowest BCUT2D eigenvalue weighted by atomic mass is 10.1. The maximum Gasteiger partial charge on any atom is 0.339 e. The smallest absolute Gasteiger partial charge is 0.339 e. The number of nitrogens with zero attached hydrogens (tertiary/aromatic N) is 1. The second-order valence-electron chi connectivity index (χ2n) is 3.00. The second-order valence-corrected chi connectivity index (χ2v) is 3.00. The van der Waals surface area contributed by atoms with Crippen LogP contribution in [0.2, 0.25) is 0 Å². The molecule has 0 aliphatic carbocycles. The summed E-state index contributed by atoms with van der Waals surface area (Å²) in [6.07, 6.45) is 3.04. The van der Waals surface area contributed by atoms with Gasteiger partial charge in [-0.05, 0) is 12.8 Å². The number of carbonyl (C=O) groups is 1. The summed E-state index contributed by atoms with van der Waals surface area (Å²) in [6.45, 7) is 0.697. The molecule has 70 valence electrons. The Hall–Kier alpha value is -1.36. The summed E-state index contributed by atoms with van der Waals surface area (Å²) in [4.78, 5) is 10.7. The standard InChI is InChI=1S/C8H10N2O3/c11-8(12)5-4-9-10-7(5)6-2-1-3-13-6/h4,6H,1-3H2,(H,9,10)(H,11,12).